The Morgan fingerprint density at radius 2 is 1.44 bits per heavy atom. The van der Waals surface area contributed by atoms with Gasteiger partial charge in [-0.3, -0.25) is 4.40 Å². The Kier molecular flexibility index (Phi) is 2.90. The topological polar surface area (TPSA) is 17.3 Å². The third kappa shape index (κ3) is 1.98. The molecule has 2 heteroatoms. The maximum atomic E-state index is 5.02. The third-order valence-electron chi connectivity index (χ3n) is 5.69. The lowest BCUT2D eigenvalue weighted by molar-refractivity contribution is 1.14. The van der Waals surface area contributed by atoms with Crippen molar-refractivity contribution in [1.29, 1.82) is 0 Å². The van der Waals surface area contributed by atoms with E-state index in [0.717, 1.165) is 17.6 Å². The Labute approximate surface area is 156 Å². The van der Waals surface area contributed by atoms with E-state index >= 15 is 0 Å². The molecule has 0 spiro atoms. The van der Waals surface area contributed by atoms with Crippen molar-refractivity contribution in [1.82, 2.24) is 9.38 Å². The van der Waals surface area contributed by atoms with E-state index in [1.807, 2.05) is 0 Å². The third-order valence-corrected chi connectivity index (χ3v) is 5.69. The maximum absolute atomic E-state index is 5.02. The second-order valence-corrected chi connectivity index (χ2v) is 7.21. The molecule has 6 rings (SSSR count). The Balaban J connectivity index is 1.97. The van der Waals surface area contributed by atoms with Gasteiger partial charge in [-0.15, -0.1) is 0 Å². The molecule has 6 aromatic rings. The van der Waals surface area contributed by atoms with Crippen LogP contribution in [0.25, 0.3) is 49.1 Å². The number of nitrogens with zero attached hydrogens (tertiary/aromatic N) is 2. The molecule has 0 radical (unpaired) electrons. The normalized spacial score (nSPS) is 12.0. The lowest BCUT2D eigenvalue weighted by atomic mass is 9.99. The van der Waals surface area contributed by atoms with E-state index in [0.29, 0.717) is 0 Å². The van der Waals surface area contributed by atoms with Crippen LogP contribution in [0.1, 0.15) is 12.5 Å². The van der Waals surface area contributed by atoms with Crippen molar-refractivity contribution in [2.75, 3.05) is 0 Å². The van der Waals surface area contributed by atoms with Crippen molar-refractivity contribution in [3.05, 3.63) is 84.4 Å². The van der Waals surface area contributed by atoms with Gasteiger partial charge in [0.2, 0.25) is 0 Å². The number of hydrogen-bond acceptors (Lipinski definition) is 1. The number of imidazole rings is 1. The average Bonchev–Trinajstić information content (AvgIpc) is 3.12. The van der Waals surface area contributed by atoms with Crippen LogP contribution in [0.15, 0.2) is 78.9 Å². The summed E-state index contributed by atoms with van der Waals surface area (Å²) in [6, 6.07) is 28.5. The molecule has 0 aliphatic rings. The molecule has 0 saturated carbocycles. The number of para-hydroxylation sites is 2. The number of aryl methyl sites for hydroxylation is 1. The fourth-order valence-electron chi connectivity index (χ4n) is 4.31. The quantitative estimate of drug-likeness (QED) is 0.245. The van der Waals surface area contributed by atoms with Gasteiger partial charge in [0.05, 0.1) is 16.6 Å². The standard InChI is InChI=1S/C25H18N2/c1-2-16-11-12-19-20-14-17-7-3-4-8-18(17)15-21(20)25-26-22-9-5-6-10-23(22)27(25)24(19)13-16/h3-15H,2H2,1H3. The molecule has 0 amide bonds. The minimum absolute atomic E-state index is 1.03. The average molecular weight is 346 g/mol. The predicted molar refractivity (Wildman–Crippen MR) is 115 cm³/mol. The molecule has 0 atom stereocenters. The molecule has 27 heavy (non-hydrogen) atoms. The fourth-order valence-corrected chi connectivity index (χ4v) is 4.31. The van der Waals surface area contributed by atoms with Crippen LogP contribution < -0.4 is 0 Å². The molecule has 0 N–H and O–H groups in total. The van der Waals surface area contributed by atoms with Gasteiger partial charge in [0.25, 0.3) is 0 Å². The van der Waals surface area contributed by atoms with Crippen LogP contribution in [-0.4, -0.2) is 9.38 Å². The fraction of sp³-hybridized carbons (Fsp3) is 0.0800. The largest absolute Gasteiger partial charge is 0.292 e. The molecule has 2 nitrogen and oxygen atoms in total. The monoisotopic (exact) mass is 346 g/mol. The first-order valence-corrected chi connectivity index (χ1v) is 9.48. The van der Waals surface area contributed by atoms with Gasteiger partial charge < -0.3 is 0 Å². The molecular weight excluding hydrogens is 328 g/mol. The number of fused-ring (bicyclic) bond motifs is 9. The number of rotatable bonds is 1. The summed E-state index contributed by atoms with van der Waals surface area (Å²) in [5, 5.41) is 6.29. The molecule has 0 saturated heterocycles. The van der Waals surface area contributed by atoms with Crippen LogP contribution in [-0.2, 0) is 6.42 Å². The highest BCUT2D eigenvalue weighted by Crippen LogP contribution is 2.35. The first kappa shape index (κ1) is 14.7. The first-order valence-electron chi connectivity index (χ1n) is 9.48. The Bertz CT molecular complexity index is 1510. The van der Waals surface area contributed by atoms with Gasteiger partial charge in [-0.1, -0.05) is 55.5 Å². The summed E-state index contributed by atoms with van der Waals surface area (Å²) in [5.41, 5.74) is 5.84. The van der Waals surface area contributed by atoms with E-state index in [9.17, 15) is 0 Å². The van der Waals surface area contributed by atoms with Gasteiger partial charge in [-0.25, -0.2) is 4.98 Å². The van der Waals surface area contributed by atoms with Gasteiger partial charge >= 0.3 is 0 Å². The molecule has 128 valence electrons. The van der Waals surface area contributed by atoms with Gasteiger partial charge in [-0.2, -0.15) is 0 Å². The van der Waals surface area contributed by atoms with E-state index in [1.165, 1.54) is 43.5 Å². The summed E-state index contributed by atoms with van der Waals surface area (Å²) >= 11 is 0. The molecule has 0 aliphatic carbocycles. The van der Waals surface area contributed by atoms with Gasteiger partial charge in [-0.05, 0) is 58.5 Å². The number of aromatic nitrogens is 2. The second-order valence-electron chi connectivity index (χ2n) is 7.21. The molecule has 0 aliphatic heterocycles. The van der Waals surface area contributed by atoms with Gasteiger partial charge in [0.15, 0.2) is 0 Å². The molecule has 0 unspecified atom stereocenters. The summed E-state index contributed by atoms with van der Waals surface area (Å²) in [5.74, 6) is 0. The van der Waals surface area contributed by atoms with Gasteiger partial charge in [0.1, 0.15) is 5.65 Å². The Morgan fingerprint density at radius 3 is 2.26 bits per heavy atom. The summed E-state index contributed by atoms with van der Waals surface area (Å²) in [4.78, 5) is 5.02. The van der Waals surface area contributed by atoms with Crippen molar-refractivity contribution in [3.8, 4) is 0 Å². The highest BCUT2D eigenvalue weighted by molar-refractivity contribution is 6.17. The predicted octanol–water partition coefficient (Wildman–Crippen LogP) is 6.51. The number of benzene rings is 4. The number of hydrogen-bond donors (Lipinski definition) is 0. The van der Waals surface area contributed by atoms with Crippen LogP contribution >= 0.6 is 0 Å². The van der Waals surface area contributed by atoms with Crippen molar-refractivity contribution in [2.24, 2.45) is 0 Å². The Morgan fingerprint density at radius 1 is 0.704 bits per heavy atom. The molecule has 2 aromatic heterocycles. The number of pyridine rings is 1. The zero-order chi connectivity index (χ0) is 18.0. The minimum Gasteiger partial charge on any atom is -0.292 e. The highest BCUT2D eigenvalue weighted by atomic mass is 15.0. The van der Waals surface area contributed by atoms with E-state index in [1.54, 1.807) is 0 Å². The first-order chi connectivity index (χ1) is 13.3. The molecule has 2 heterocycles. The van der Waals surface area contributed by atoms with Crippen LogP contribution in [0.5, 0.6) is 0 Å². The zero-order valence-corrected chi connectivity index (χ0v) is 15.1. The van der Waals surface area contributed by atoms with Crippen LogP contribution in [0.3, 0.4) is 0 Å². The summed E-state index contributed by atoms with van der Waals surface area (Å²) < 4.78 is 2.33. The van der Waals surface area contributed by atoms with Gasteiger partial charge in [0, 0.05) is 10.8 Å². The molecule has 4 aromatic carbocycles. The van der Waals surface area contributed by atoms with E-state index in [4.69, 9.17) is 4.98 Å². The van der Waals surface area contributed by atoms with Crippen molar-refractivity contribution in [3.63, 3.8) is 0 Å². The summed E-state index contributed by atoms with van der Waals surface area (Å²) in [7, 11) is 0. The maximum Gasteiger partial charge on any atom is 0.146 e. The summed E-state index contributed by atoms with van der Waals surface area (Å²) in [6.45, 7) is 2.21. The van der Waals surface area contributed by atoms with Crippen molar-refractivity contribution < 1.29 is 0 Å². The lowest BCUT2D eigenvalue weighted by Gasteiger charge is -2.11. The zero-order valence-electron chi connectivity index (χ0n) is 15.1. The lowest BCUT2D eigenvalue weighted by Crippen LogP contribution is -1.93. The second kappa shape index (κ2) is 5.31. The van der Waals surface area contributed by atoms with Crippen molar-refractivity contribution >= 4 is 49.1 Å². The van der Waals surface area contributed by atoms with Crippen molar-refractivity contribution in [2.45, 2.75) is 13.3 Å². The van der Waals surface area contributed by atoms with E-state index in [2.05, 4.69) is 90.2 Å². The SMILES string of the molecule is CCc1ccc2c3cc4ccccc4cc3c3nc4ccccc4n3c2c1. The summed E-state index contributed by atoms with van der Waals surface area (Å²) in [6.07, 6.45) is 1.03. The smallest absolute Gasteiger partial charge is 0.146 e. The van der Waals surface area contributed by atoms with E-state index < -0.39 is 0 Å². The van der Waals surface area contributed by atoms with E-state index in [-0.39, 0.29) is 0 Å². The molecule has 0 fully saturated rings. The van der Waals surface area contributed by atoms with Crippen LogP contribution in [0.2, 0.25) is 0 Å². The minimum atomic E-state index is 1.03. The van der Waals surface area contributed by atoms with Crippen LogP contribution in [0, 0.1) is 0 Å². The van der Waals surface area contributed by atoms with Crippen LogP contribution in [0.4, 0.5) is 0 Å². The molecule has 0 bridgehead atoms. The molecular formula is C25H18N2. The highest BCUT2D eigenvalue weighted by Gasteiger charge is 2.14. The Hall–Kier alpha value is -3.39.